The van der Waals surface area contributed by atoms with E-state index in [2.05, 4.69) is 27.7 Å². The van der Waals surface area contributed by atoms with Gasteiger partial charge in [0.15, 0.2) is 5.82 Å². The number of rotatable bonds is 3. The maximum Gasteiger partial charge on any atom is 0.237 e. The Morgan fingerprint density at radius 3 is 3.00 bits per heavy atom. The highest BCUT2D eigenvalue weighted by Crippen LogP contribution is 2.41. The molecule has 2 saturated heterocycles. The fraction of sp³-hybridized carbons (Fsp3) is 0.750. The maximum absolute atomic E-state index is 11.7. The van der Waals surface area contributed by atoms with Crippen LogP contribution in [0.1, 0.15) is 23.9 Å². The topological polar surface area (TPSA) is 80.0 Å². The molecule has 0 aliphatic carbocycles. The van der Waals surface area contributed by atoms with Crippen molar-refractivity contribution in [3.05, 3.63) is 11.7 Å². The number of hydrogen-bond donors (Lipinski definition) is 2. The van der Waals surface area contributed by atoms with Crippen LogP contribution < -0.4 is 10.6 Å². The lowest BCUT2D eigenvalue weighted by molar-refractivity contribution is -0.124. The third-order valence-electron chi connectivity index (χ3n) is 3.44. The molecule has 2 N–H and O–H groups in total. The van der Waals surface area contributed by atoms with Crippen molar-refractivity contribution in [1.82, 2.24) is 20.8 Å². The quantitative estimate of drug-likeness (QED) is 0.846. The predicted molar refractivity (Wildman–Crippen MR) is 79.9 cm³/mol. The number of carbonyl (C=O) groups excluding carboxylic acids is 1. The van der Waals surface area contributed by atoms with Gasteiger partial charge in [0.2, 0.25) is 11.8 Å². The van der Waals surface area contributed by atoms with E-state index in [9.17, 15) is 4.79 Å². The average Bonchev–Trinajstić information content (AvgIpc) is 2.90. The smallest absolute Gasteiger partial charge is 0.237 e. The zero-order valence-electron chi connectivity index (χ0n) is 11.3. The molecule has 2 aliphatic rings. The van der Waals surface area contributed by atoms with Gasteiger partial charge in [-0.2, -0.15) is 16.7 Å². The summed E-state index contributed by atoms with van der Waals surface area (Å²) in [5, 5.41) is 10.9. The van der Waals surface area contributed by atoms with E-state index in [0.717, 1.165) is 18.1 Å². The molecule has 2 fully saturated rings. The predicted octanol–water partition coefficient (Wildman–Crippen LogP) is 0.610. The Morgan fingerprint density at radius 2 is 2.20 bits per heavy atom. The maximum atomic E-state index is 11.7. The molecule has 0 aromatic carbocycles. The number of hydrogen-bond acceptors (Lipinski definition) is 7. The van der Waals surface area contributed by atoms with E-state index in [1.54, 1.807) is 0 Å². The van der Waals surface area contributed by atoms with Crippen LogP contribution in [-0.2, 0) is 11.2 Å². The Labute approximate surface area is 126 Å². The van der Waals surface area contributed by atoms with Crippen LogP contribution in [0.3, 0.4) is 0 Å². The summed E-state index contributed by atoms with van der Waals surface area (Å²) in [5.41, 5.74) is 0. The van der Waals surface area contributed by atoms with E-state index >= 15 is 0 Å². The van der Waals surface area contributed by atoms with Crippen molar-refractivity contribution in [1.29, 1.82) is 0 Å². The fourth-order valence-electron chi connectivity index (χ4n) is 2.37. The number of amides is 1. The van der Waals surface area contributed by atoms with Crippen molar-refractivity contribution in [3.63, 3.8) is 0 Å². The van der Waals surface area contributed by atoms with Crippen LogP contribution in [0.25, 0.3) is 0 Å². The fourth-order valence-corrected chi connectivity index (χ4v) is 5.05. The lowest BCUT2D eigenvalue weighted by Gasteiger charge is -2.24. The lowest BCUT2D eigenvalue weighted by Crippen LogP contribution is -2.53. The third-order valence-corrected chi connectivity index (χ3v) is 6.52. The molecule has 0 radical (unpaired) electrons. The van der Waals surface area contributed by atoms with Gasteiger partial charge in [0.05, 0.1) is 17.7 Å². The minimum Gasteiger partial charge on any atom is -0.353 e. The highest BCUT2D eigenvalue weighted by molar-refractivity contribution is 8.06. The number of carbonyl (C=O) groups is 1. The molecule has 110 valence electrons. The normalized spacial score (nSPS) is 31.1. The van der Waals surface area contributed by atoms with Crippen molar-refractivity contribution < 1.29 is 9.32 Å². The second-order valence-corrected chi connectivity index (χ2v) is 7.65. The molecule has 3 rings (SSSR count). The van der Waals surface area contributed by atoms with Gasteiger partial charge in [-0.3, -0.25) is 4.79 Å². The van der Waals surface area contributed by atoms with Gasteiger partial charge in [-0.15, -0.1) is 11.8 Å². The van der Waals surface area contributed by atoms with E-state index in [1.807, 2.05) is 23.5 Å². The number of thioether (sulfide) groups is 2. The van der Waals surface area contributed by atoms with Crippen molar-refractivity contribution in [2.45, 2.75) is 29.9 Å². The summed E-state index contributed by atoms with van der Waals surface area (Å²) in [7, 11) is 0. The van der Waals surface area contributed by atoms with Crippen molar-refractivity contribution in [2.75, 3.05) is 24.6 Å². The lowest BCUT2D eigenvalue weighted by atomic mass is 10.1. The van der Waals surface area contributed by atoms with Crippen LogP contribution in [0.5, 0.6) is 0 Å². The van der Waals surface area contributed by atoms with Gasteiger partial charge in [0, 0.05) is 29.8 Å². The third kappa shape index (κ3) is 3.12. The molecule has 3 unspecified atom stereocenters. The standard InChI is InChI=1S/C12H18N4O2S2/c1-7-10(20-5-4-19-7)11-15-9(18-16-11)6-8-12(17)14-3-2-13-8/h7-8,10,13H,2-6H2,1H3,(H,14,17). The summed E-state index contributed by atoms with van der Waals surface area (Å²) < 4.78 is 5.31. The molecule has 1 amide bonds. The Morgan fingerprint density at radius 1 is 1.35 bits per heavy atom. The first kappa shape index (κ1) is 14.2. The monoisotopic (exact) mass is 314 g/mol. The molecule has 3 atom stereocenters. The first-order chi connectivity index (χ1) is 9.74. The molecule has 0 bridgehead atoms. The molecular weight excluding hydrogens is 296 g/mol. The number of aromatic nitrogens is 2. The van der Waals surface area contributed by atoms with Crippen LogP contribution in [0, 0.1) is 0 Å². The van der Waals surface area contributed by atoms with Crippen molar-refractivity contribution in [3.8, 4) is 0 Å². The second kappa shape index (κ2) is 6.36. The largest absolute Gasteiger partial charge is 0.353 e. The average molecular weight is 314 g/mol. The van der Waals surface area contributed by atoms with E-state index in [-0.39, 0.29) is 11.9 Å². The van der Waals surface area contributed by atoms with Crippen LogP contribution in [0.15, 0.2) is 4.52 Å². The molecule has 6 nitrogen and oxygen atoms in total. The SMILES string of the molecule is CC1SCCSC1c1noc(CC2NCCNC2=O)n1. The van der Waals surface area contributed by atoms with E-state index in [1.165, 1.54) is 5.75 Å². The summed E-state index contributed by atoms with van der Waals surface area (Å²) in [6, 6.07) is -0.261. The molecule has 1 aromatic rings. The first-order valence-electron chi connectivity index (χ1n) is 6.81. The summed E-state index contributed by atoms with van der Waals surface area (Å²) in [6.45, 7) is 3.66. The van der Waals surface area contributed by atoms with Crippen LogP contribution in [0.2, 0.25) is 0 Å². The molecule has 20 heavy (non-hydrogen) atoms. The second-order valence-electron chi connectivity index (χ2n) is 4.92. The number of piperazine rings is 1. The molecule has 0 saturated carbocycles. The Hall–Kier alpha value is -0.730. The first-order valence-corrected chi connectivity index (χ1v) is 8.90. The van der Waals surface area contributed by atoms with Gasteiger partial charge >= 0.3 is 0 Å². The van der Waals surface area contributed by atoms with Crippen molar-refractivity contribution in [2.24, 2.45) is 0 Å². The molecular formula is C12H18N4O2S2. The van der Waals surface area contributed by atoms with Gasteiger partial charge < -0.3 is 15.2 Å². The molecule has 0 spiro atoms. The minimum atomic E-state index is -0.261. The highest BCUT2D eigenvalue weighted by Gasteiger charge is 2.30. The Kier molecular flexibility index (Phi) is 4.52. The van der Waals surface area contributed by atoms with E-state index in [0.29, 0.717) is 29.4 Å². The van der Waals surface area contributed by atoms with Gasteiger partial charge in [-0.25, -0.2) is 0 Å². The summed E-state index contributed by atoms with van der Waals surface area (Å²) in [5.74, 6) is 3.61. The Bertz CT molecular complexity index is 482. The number of nitrogens with zero attached hydrogens (tertiary/aromatic N) is 2. The molecule has 8 heteroatoms. The summed E-state index contributed by atoms with van der Waals surface area (Å²) >= 11 is 3.83. The molecule has 2 aliphatic heterocycles. The van der Waals surface area contributed by atoms with Crippen LogP contribution >= 0.6 is 23.5 Å². The van der Waals surface area contributed by atoms with Gasteiger partial charge in [-0.05, 0) is 0 Å². The van der Waals surface area contributed by atoms with Crippen LogP contribution in [-0.4, -0.2) is 51.9 Å². The Balaban J connectivity index is 1.65. The van der Waals surface area contributed by atoms with Gasteiger partial charge in [0.1, 0.15) is 0 Å². The highest BCUT2D eigenvalue weighted by atomic mass is 32.2. The van der Waals surface area contributed by atoms with E-state index in [4.69, 9.17) is 4.52 Å². The summed E-state index contributed by atoms with van der Waals surface area (Å²) in [6.07, 6.45) is 0.456. The molecule has 1 aromatic heterocycles. The zero-order chi connectivity index (χ0) is 13.9. The zero-order valence-corrected chi connectivity index (χ0v) is 12.9. The minimum absolute atomic E-state index is 0.00645. The van der Waals surface area contributed by atoms with Crippen molar-refractivity contribution >= 4 is 29.4 Å². The molecule has 3 heterocycles. The van der Waals surface area contributed by atoms with Crippen LogP contribution in [0.4, 0.5) is 0 Å². The summed E-state index contributed by atoms with van der Waals surface area (Å²) in [4.78, 5) is 16.2. The number of nitrogens with one attached hydrogen (secondary N) is 2. The van der Waals surface area contributed by atoms with E-state index < -0.39 is 0 Å². The van der Waals surface area contributed by atoms with Gasteiger partial charge in [-0.1, -0.05) is 12.1 Å². The van der Waals surface area contributed by atoms with Gasteiger partial charge in [0.25, 0.3) is 0 Å².